The summed E-state index contributed by atoms with van der Waals surface area (Å²) >= 11 is 0. The van der Waals surface area contributed by atoms with E-state index < -0.39 is 12.0 Å². The molecule has 2 atom stereocenters. The molecule has 3 N–H and O–H groups in total. The molecule has 0 unspecified atom stereocenters. The summed E-state index contributed by atoms with van der Waals surface area (Å²) < 4.78 is 0. The maximum absolute atomic E-state index is 12.9. The third-order valence-electron chi connectivity index (χ3n) is 5.88. The summed E-state index contributed by atoms with van der Waals surface area (Å²) in [6, 6.07) is 6.10. The van der Waals surface area contributed by atoms with Crippen LogP contribution in [0.5, 0.6) is 0 Å². The van der Waals surface area contributed by atoms with Crippen molar-refractivity contribution in [1.29, 1.82) is 0 Å². The van der Waals surface area contributed by atoms with Gasteiger partial charge in [0.05, 0.1) is 12.6 Å². The van der Waals surface area contributed by atoms with Gasteiger partial charge in [-0.05, 0) is 36.5 Å². The largest absolute Gasteiger partial charge is 0.392 e. The number of nitrogens with zero attached hydrogens (tertiary/aromatic N) is 1. The van der Waals surface area contributed by atoms with Crippen LogP contribution in [-0.4, -0.2) is 52.0 Å². The summed E-state index contributed by atoms with van der Waals surface area (Å²) in [6.45, 7) is 5.59. The van der Waals surface area contributed by atoms with Crippen molar-refractivity contribution in [3.8, 4) is 0 Å². The molecule has 1 aromatic rings. The quantitative estimate of drug-likeness (QED) is 0.274. The highest BCUT2D eigenvalue weighted by atomic mass is 16.3. The van der Waals surface area contributed by atoms with Crippen LogP contribution in [0.15, 0.2) is 36.4 Å². The molecule has 9 heteroatoms. The van der Waals surface area contributed by atoms with Gasteiger partial charge in [0.1, 0.15) is 0 Å². The third-order valence-corrected chi connectivity index (χ3v) is 5.88. The van der Waals surface area contributed by atoms with Gasteiger partial charge in [-0.3, -0.25) is 28.9 Å². The van der Waals surface area contributed by atoms with E-state index in [0.29, 0.717) is 31.5 Å². The number of rotatable bonds is 14. The molecule has 1 heterocycles. The normalized spacial score (nSPS) is 14.8. The molecule has 190 valence electrons. The van der Waals surface area contributed by atoms with E-state index in [1.807, 2.05) is 13.8 Å². The molecule has 1 aliphatic rings. The number of amides is 4. The molecule has 1 aliphatic heterocycles. The molecule has 0 aromatic heterocycles. The van der Waals surface area contributed by atoms with E-state index in [2.05, 4.69) is 10.6 Å². The number of carbonyl (C=O) groups excluding carboxylic acids is 5. The first-order valence-corrected chi connectivity index (χ1v) is 12.0. The number of aliphatic hydroxyl groups is 1. The number of hydrogen-bond donors (Lipinski definition) is 3. The maximum Gasteiger partial charge on any atom is 0.253 e. The van der Waals surface area contributed by atoms with E-state index in [9.17, 15) is 24.0 Å². The van der Waals surface area contributed by atoms with Gasteiger partial charge in [-0.25, -0.2) is 0 Å². The number of nitrogens with one attached hydrogen (secondary N) is 2. The molecule has 0 bridgehead atoms. The first-order chi connectivity index (χ1) is 16.6. The molecule has 0 spiro atoms. The van der Waals surface area contributed by atoms with Crippen LogP contribution in [0.3, 0.4) is 0 Å². The van der Waals surface area contributed by atoms with Gasteiger partial charge in [0, 0.05) is 43.1 Å². The van der Waals surface area contributed by atoms with Gasteiger partial charge in [0.2, 0.25) is 11.8 Å². The van der Waals surface area contributed by atoms with Crippen molar-refractivity contribution in [2.75, 3.05) is 11.9 Å². The van der Waals surface area contributed by atoms with Crippen molar-refractivity contribution in [1.82, 2.24) is 10.2 Å². The zero-order valence-electron chi connectivity index (χ0n) is 20.6. The number of hydrogen-bond acceptors (Lipinski definition) is 6. The number of aliphatic hydroxyl groups excluding tert-OH is 1. The van der Waals surface area contributed by atoms with Crippen molar-refractivity contribution < 1.29 is 29.1 Å². The summed E-state index contributed by atoms with van der Waals surface area (Å²) in [7, 11) is 0. The zero-order chi connectivity index (χ0) is 26.0. The lowest BCUT2D eigenvalue weighted by Crippen LogP contribution is -2.45. The topological polar surface area (TPSA) is 133 Å². The Balaban J connectivity index is 1.75. The summed E-state index contributed by atoms with van der Waals surface area (Å²) in [5.74, 6) is -2.08. The third kappa shape index (κ3) is 8.75. The van der Waals surface area contributed by atoms with E-state index >= 15 is 0 Å². The highest BCUT2D eigenvalue weighted by molar-refractivity contribution is 6.12. The van der Waals surface area contributed by atoms with Crippen molar-refractivity contribution in [3.63, 3.8) is 0 Å². The van der Waals surface area contributed by atoms with Crippen LogP contribution in [0.4, 0.5) is 5.69 Å². The summed E-state index contributed by atoms with van der Waals surface area (Å²) in [5, 5.41) is 14.7. The second kappa shape index (κ2) is 13.5. The molecule has 9 nitrogen and oxygen atoms in total. The van der Waals surface area contributed by atoms with Gasteiger partial charge in [-0.1, -0.05) is 39.3 Å². The molecule has 0 radical (unpaired) electrons. The highest BCUT2D eigenvalue weighted by Gasteiger charge is 2.27. The van der Waals surface area contributed by atoms with Crippen molar-refractivity contribution in [2.24, 2.45) is 11.8 Å². The fourth-order valence-corrected chi connectivity index (χ4v) is 3.73. The van der Waals surface area contributed by atoms with Crippen LogP contribution in [0.25, 0.3) is 0 Å². The molecule has 0 saturated heterocycles. The van der Waals surface area contributed by atoms with Crippen LogP contribution in [0, 0.1) is 11.8 Å². The molecular formula is C26H35N3O6. The van der Waals surface area contributed by atoms with E-state index in [1.165, 1.54) is 17.1 Å². The smallest absolute Gasteiger partial charge is 0.253 e. The predicted molar refractivity (Wildman–Crippen MR) is 131 cm³/mol. The Morgan fingerprint density at radius 2 is 1.57 bits per heavy atom. The standard InChI is InChI=1S/C26H35N3O6/c1-17(2)25(28-22(32)7-5-4-6-14-29-23(33)12-13-24(29)34)21(31)15-18(3)26(35)27-20-10-8-19(16-30)9-11-20/h8-13,17-18,25,30H,4-7,14-16H2,1-3H3,(H,27,35)(H,28,32)/t18-,25+/m1/s1. The van der Waals surface area contributed by atoms with Gasteiger partial charge in [0.15, 0.2) is 5.78 Å². The number of benzene rings is 1. The Morgan fingerprint density at radius 3 is 2.14 bits per heavy atom. The lowest BCUT2D eigenvalue weighted by Gasteiger charge is -2.23. The van der Waals surface area contributed by atoms with E-state index in [1.54, 1.807) is 31.2 Å². The predicted octanol–water partition coefficient (Wildman–Crippen LogP) is 2.34. The van der Waals surface area contributed by atoms with E-state index in [4.69, 9.17) is 5.11 Å². The monoisotopic (exact) mass is 485 g/mol. The van der Waals surface area contributed by atoms with Gasteiger partial charge in [-0.15, -0.1) is 0 Å². The first-order valence-electron chi connectivity index (χ1n) is 12.0. The SMILES string of the molecule is CC(C)[C@H](NC(=O)CCCCCN1C(=O)C=CC1=O)C(=O)C[C@@H](C)C(=O)Nc1ccc(CO)cc1. The summed E-state index contributed by atoms with van der Waals surface area (Å²) in [4.78, 5) is 62.0. The van der Waals surface area contributed by atoms with Crippen LogP contribution < -0.4 is 10.6 Å². The average molecular weight is 486 g/mol. The molecule has 0 saturated carbocycles. The van der Waals surface area contributed by atoms with Crippen LogP contribution in [-0.2, 0) is 30.6 Å². The molecule has 4 amide bonds. The van der Waals surface area contributed by atoms with Gasteiger partial charge < -0.3 is 15.7 Å². The zero-order valence-corrected chi connectivity index (χ0v) is 20.6. The van der Waals surface area contributed by atoms with Crippen LogP contribution in [0.1, 0.15) is 58.4 Å². The highest BCUT2D eigenvalue weighted by Crippen LogP contribution is 2.15. The second-order valence-corrected chi connectivity index (χ2v) is 9.18. The van der Waals surface area contributed by atoms with Gasteiger partial charge in [-0.2, -0.15) is 0 Å². The lowest BCUT2D eigenvalue weighted by molar-refractivity contribution is -0.137. The van der Waals surface area contributed by atoms with Gasteiger partial charge in [0.25, 0.3) is 11.8 Å². The minimum Gasteiger partial charge on any atom is -0.392 e. The Bertz CT molecular complexity index is 936. The number of unbranched alkanes of at least 4 members (excludes halogenated alkanes) is 2. The van der Waals surface area contributed by atoms with Gasteiger partial charge >= 0.3 is 0 Å². The van der Waals surface area contributed by atoms with Crippen molar-refractivity contribution >= 4 is 35.1 Å². The number of anilines is 1. The summed E-state index contributed by atoms with van der Waals surface area (Å²) in [5.41, 5.74) is 1.31. The fraction of sp³-hybridized carbons (Fsp3) is 0.500. The number of Topliss-reactive ketones (excluding diaryl/α,β-unsaturated/α-hetero) is 1. The van der Waals surface area contributed by atoms with Crippen molar-refractivity contribution in [3.05, 3.63) is 42.0 Å². The van der Waals surface area contributed by atoms with Crippen LogP contribution in [0.2, 0.25) is 0 Å². The van der Waals surface area contributed by atoms with Crippen LogP contribution >= 0.6 is 0 Å². The fourth-order valence-electron chi connectivity index (χ4n) is 3.73. The average Bonchev–Trinajstić information content (AvgIpc) is 3.14. The Morgan fingerprint density at radius 1 is 0.943 bits per heavy atom. The minimum atomic E-state index is -0.687. The number of ketones is 1. The molecule has 2 rings (SSSR count). The molecular weight excluding hydrogens is 450 g/mol. The Labute approximate surface area is 205 Å². The molecule has 0 fully saturated rings. The maximum atomic E-state index is 12.9. The first kappa shape index (κ1) is 27.9. The summed E-state index contributed by atoms with van der Waals surface area (Å²) in [6.07, 6.45) is 4.57. The number of carbonyl (C=O) groups is 5. The van der Waals surface area contributed by atoms with E-state index in [0.717, 1.165) is 5.56 Å². The Hall–Kier alpha value is -3.33. The molecule has 1 aromatic carbocycles. The minimum absolute atomic E-state index is 0.00435. The molecule has 35 heavy (non-hydrogen) atoms. The van der Waals surface area contributed by atoms with E-state index in [-0.39, 0.29) is 54.8 Å². The second-order valence-electron chi connectivity index (χ2n) is 9.18. The Kier molecular flexibility index (Phi) is 10.8. The lowest BCUT2D eigenvalue weighted by atomic mass is 9.92. The number of imide groups is 1. The van der Waals surface area contributed by atoms with Crippen molar-refractivity contribution in [2.45, 2.75) is 65.5 Å². The molecule has 0 aliphatic carbocycles.